The number of methoxy groups -OCH3 is 1. The van der Waals surface area contributed by atoms with Gasteiger partial charge in [-0.05, 0) is 35.9 Å². The van der Waals surface area contributed by atoms with Crippen LogP contribution in [0.1, 0.15) is 5.56 Å². The van der Waals surface area contributed by atoms with Crippen LogP contribution in [0, 0.1) is 0 Å². The lowest BCUT2D eigenvalue weighted by Gasteiger charge is -2.26. The first-order valence-corrected chi connectivity index (χ1v) is 10.1. The summed E-state index contributed by atoms with van der Waals surface area (Å²) in [5.74, 6) is -1.74. The molecule has 0 spiro atoms. The van der Waals surface area contributed by atoms with Crippen LogP contribution in [0.2, 0.25) is 0 Å². The van der Waals surface area contributed by atoms with Crippen LogP contribution in [-0.4, -0.2) is 49.4 Å². The van der Waals surface area contributed by atoms with E-state index in [4.69, 9.17) is 24.1 Å². The summed E-state index contributed by atoms with van der Waals surface area (Å²) in [5, 5.41) is 11.0. The number of imide groups is 2. The number of amides is 4. The molecular weight excluding hydrogens is 504 g/mol. The topological polar surface area (TPSA) is 141 Å². The molecule has 1 saturated heterocycles. The molecule has 2 N–H and O–H groups in total. The van der Waals surface area contributed by atoms with E-state index in [1.165, 1.54) is 37.5 Å². The number of hydrogen-bond donors (Lipinski definition) is 2. The number of hydrogen-bond acceptors (Lipinski definition) is 8. The first kappa shape index (κ1) is 22.1. The Morgan fingerprint density at radius 3 is 2.67 bits per heavy atom. The lowest BCUT2D eigenvalue weighted by atomic mass is 10.1. The van der Waals surface area contributed by atoms with Crippen LogP contribution in [0.3, 0.4) is 0 Å². The summed E-state index contributed by atoms with van der Waals surface area (Å²) in [5.41, 5.74) is 0.233. The summed E-state index contributed by atoms with van der Waals surface area (Å²) < 4.78 is 21.3. The van der Waals surface area contributed by atoms with Gasteiger partial charge in [0.1, 0.15) is 5.57 Å². The summed E-state index contributed by atoms with van der Waals surface area (Å²) in [4.78, 5) is 49.6. The molecule has 2 aromatic rings. The Bertz CT molecular complexity index is 1220. The van der Waals surface area contributed by atoms with Gasteiger partial charge in [-0.2, -0.15) is 0 Å². The number of barbiturate groups is 1. The molecule has 0 saturated carbocycles. The van der Waals surface area contributed by atoms with E-state index in [0.717, 1.165) is 4.90 Å². The monoisotopic (exact) mass is 518 g/mol. The van der Waals surface area contributed by atoms with Crippen LogP contribution in [0.5, 0.6) is 23.0 Å². The number of ether oxygens (including phenoxy) is 4. The van der Waals surface area contributed by atoms with Crippen LogP contribution in [-0.2, 0) is 14.4 Å². The predicted octanol–water partition coefficient (Wildman–Crippen LogP) is 2.32. The summed E-state index contributed by atoms with van der Waals surface area (Å²) in [6, 6.07) is 6.49. The third kappa shape index (κ3) is 4.32. The van der Waals surface area contributed by atoms with Gasteiger partial charge in [-0.3, -0.25) is 14.9 Å². The normalized spacial score (nSPS) is 16.1. The number of carbonyl (C=O) groups excluding carboxylic acids is 3. The SMILES string of the molecule is COc1cc(/C=C2\C(=O)NC(=O)N(c3ccc4c(c3)OCO4)C2=O)c(Br)cc1OCC(=O)O. The molecule has 33 heavy (non-hydrogen) atoms. The molecular formula is C21H15BrN2O9. The van der Waals surface area contributed by atoms with Crippen molar-refractivity contribution in [2.45, 2.75) is 0 Å². The maximum absolute atomic E-state index is 13.1. The van der Waals surface area contributed by atoms with Crippen LogP contribution >= 0.6 is 15.9 Å². The molecule has 0 atom stereocenters. The largest absolute Gasteiger partial charge is 0.493 e. The fourth-order valence-corrected chi connectivity index (χ4v) is 3.58. The van der Waals surface area contributed by atoms with Gasteiger partial charge in [-0.25, -0.2) is 14.5 Å². The minimum Gasteiger partial charge on any atom is -0.493 e. The summed E-state index contributed by atoms with van der Waals surface area (Å²) >= 11 is 3.31. The second-order valence-corrected chi connectivity index (χ2v) is 7.56. The average Bonchev–Trinajstić information content (AvgIpc) is 3.24. The van der Waals surface area contributed by atoms with Crippen LogP contribution in [0.15, 0.2) is 40.4 Å². The Balaban J connectivity index is 1.69. The first-order chi connectivity index (χ1) is 15.8. The lowest BCUT2D eigenvalue weighted by molar-refractivity contribution is -0.139. The zero-order chi connectivity index (χ0) is 23.7. The molecule has 2 heterocycles. The Hall–Kier alpha value is -4.06. The minimum absolute atomic E-state index is 0.0185. The second kappa shape index (κ2) is 8.82. The Labute approximate surface area is 194 Å². The van der Waals surface area contributed by atoms with Gasteiger partial charge in [0.05, 0.1) is 12.8 Å². The van der Waals surface area contributed by atoms with E-state index >= 15 is 0 Å². The Kier molecular flexibility index (Phi) is 5.92. The molecule has 2 aliphatic rings. The molecule has 0 aliphatic carbocycles. The number of halogens is 1. The molecule has 0 unspecified atom stereocenters. The van der Waals surface area contributed by atoms with Crippen LogP contribution in [0.4, 0.5) is 10.5 Å². The number of nitrogens with zero attached hydrogens (tertiary/aromatic N) is 1. The van der Waals surface area contributed by atoms with Gasteiger partial charge in [-0.1, -0.05) is 15.9 Å². The van der Waals surface area contributed by atoms with E-state index in [1.54, 1.807) is 6.07 Å². The van der Waals surface area contributed by atoms with Crippen molar-refractivity contribution < 1.29 is 43.2 Å². The number of nitrogens with one attached hydrogen (secondary N) is 1. The first-order valence-electron chi connectivity index (χ1n) is 9.31. The highest BCUT2D eigenvalue weighted by Crippen LogP contribution is 2.37. The highest BCUT2D eigenvalue weighted by molar-refractivity contribution is 9.10. The summed E-state index contributed by atoms with van der Waals surface area (Å²) in [6.07, 6.45) is 1.28. The van der Waals surface area contributed by atoms with E-state index in [0.29, 0.717) is 21.5 Å². The smallest absolute Gasteiger partial charge is 0.341 e. The number of carboxylic acids is 1. The third-order valence-corrected chi connectivity index (χ3v) is 5.34. The highest BCUT2D eigenvalue weighted by Gasteiger charge is 2.37. The van der Waals surface area contributed by atoms with Gasteiger partial charge in [0, 0.05) is 10.5 Å². The fraction of sp³-hybridized carbons (Fsp3) is 0.143. The lowest BCUT2D eigenvalue weighted by Crippen LogP contribution is -2.54. The van der Waals surface area contributed by atoms with Crippen molar-refractivity contribution in [1.82, 2.24) is 5.32 Å². The van der Waals surface area contributed by atoms with Gasteiger partial charge in [-0.15, -0.1) is 0 Å². The zero-order valence-electron chi connectivity index (χ0n) is 16.9. The van der Waals surface area contributed by atoms with Crippen molar-refractivity contribution in [3.8, 4) is 23.0 Å². The average molecular weight is 519 g/mol. The summed E-state index contributed by atoms with van der Waals surface area (Å²) in [6.45, 7) is -0.568. The maximum atomic E-state index is 13.1. The zero-order valence-corrected chi connectivity index (χ0v) is 18.5. The van der Waals surface area contributed by atoms with Crippen molar-refractivity contribution in [3.63, 3.8) is 0 Å². The molecule has 2 aromatic carbocycles. The van der Waals surface area contributed by atoms with Crippen molar-refractivity contribution in [3.05, 3.63) is 45.9 Å². The van der Waals surface area contributed by atoms with E-state index < -0.39 is 30.4 Å². The van der Waals surface area contributed by atoms with Crippen molar-refractivity contribution in [1.29, 1.82) is 0 Å². The maximum Gasteiger partial charge on any atom is 0.341 e. The van der Waals surface area contributed by atoms with Gasteiger partial charge in [0.15, 0.2) is 29.6 Å². The number of urea groups is 1. The molecule has 2 aliphatic heterocycles. The molecule has 0 aromatic heterocycles. The minimum atomic E-state index is -1.17. The van der Waals surface area contributed by atoms with Crippen molar-refractivity contribution in [2.75, 3.05) is 25.4 Å². The molecule has 0 bridgehead atoms. The highest BCUT2D eigenvalue weighted by atomic mass is 79.9. The van der Waals surface area contributed by atoms with Gasteiger partial charge < -0.3 is 24.1 Å². The Morgan fingerprint density at radius 1 is 1.18 bits per heavy atom. The summed E-state index contributed by atoms with van der Waals surface area (Å²) in [7, 11) is 1.35. The quantitative estimate of drug-likeness (QED) is 0.435. The van der Waals surface area contributed by atoms with Crippen molar-refractivity contribution in [2.24, 2.45) is 0 Å². The number of aliphatic carboxylic acids is 1. The van der Waals surface area contributed by atoms with Gasteiger partial charge in [0.25, 0.3) is 11.8 Å². The van der Waals surface area contributed by atoms with E-state index in [-0.39, 0.29) is 29.6 Å². The van der Waals surface area contributed by atoms with Gasteiger partial charge >= 0.3 is 12.0 Å². The van der Waals surface area contributed by atoms with Crippen molar-refractivity contribution >= 4 is 51.5 Å². The molecule has 170 valence electrons. The molecule has 0 radical (unpaired) electrons. The van der Waals surface area contributed by atoms with E-state index in [2.05, 4.69) is 21.2 Å². The van der Waals surface area contributed by atoms with E-state index in [1.807, 2.05) is 0 Å². The number of benzene rings is 2. The van der Waals surface area contributed by atoms with Crippen LogP contribution < -0.4 is 29.2 Å². The second-order valence-electron chi connectivity index (χ2n) is 6.70. The number of carbonyl (C=O) groups is 4. The molecule has 1 fully saturated rings. The Morgan fingerprint density at radius 2 is 1.94 bits per heavy atom. The predicted molar refractivity (Wildman–Crippen MR) is 115 cm³/mol. The molecule has 11 nitrogen and oxygen atoms in total. The van der Waals surface area contributed by atoms with Gasteiger partial charge in [0.2, 0.25) is 6.79 Å². The number of anilines is 1. The molecule has 12 heteroatoms. The van der Waals surface area contributed by atoms with Crippen LogP contribution in [0.25, 0.3) is 6.08 Å². The standard InChI is InChI=1S/C21H15BrN2O9/c1-30-15-5-10(13(22)7-17(15)31-8-18(25)26)4-12-19(27)23-21(29)24(20(12)28)11-2-3-14-16(6-11)33-9-32-14/h2-7H,8-9H2,1H3,(H,25,26)(H,23,27,29)/b12-4+. The molecule has 4 rings (SSSR count). The number of rotatable bonds is 6. The number of carboxylic acid groups (broad SMARTS) is 1. The third-order valence-electron chi connectivity index (χ3n) is 4.65. The van der Waals surface area contributed by atoms with E-state index in [9.17, 15) is 19.2 Å². The molecule has 4 amide bonds. The number of fused-ring (bicyclic) bond motifs is 1. The fourth-order valence-electron chi connectivity index (χ4n) is 3.15.